The maximum absolute atomic E-state index is 11.7. The van der Waals surface area contributed by atoms with Crippen LogP contribution in [0.1, 0.15) is 30.9 Å². The normalized spacial score (nSPS) is 17.5. The summed E-state index contributed by atoms with van der Waals surface area (Å²) in [4.78, 5) is 13.9. The molecule has 0 amide bonds. The van der Waals surface area contributed by atoms with E-state index in [0.29, 0.717) is 13.2 Å². The minimum Gasteiger partial charge on any atom is -0.491 e. The lowest BCUT2D eigenvalue weighted by Gasteiger charge is -2.32. The van der Waals surface area contributed by atoms with Gasteiger partial charge in [0, 0.05) is 6.54 Å². The van der Waals surface area contributed by atoms with Gasteiger partial charge in [0.1, 0.15) is 18.5 Å². The Morgan fingerprint density at radius 1 is 1.33 bits per heavy atom. The van der Waals surface area contributed by atoms with Crippen LogP contribution in [-0.4, -0.2) is 54.9 Å². The maximum atomic E-state index is 11.7. The zero-order valence-electron chi connectivity index (χ0n) is 15.0. The fraction of sp³-hybridized carbons (Fsp3) is 0.632. The Morgan fingerprint density at radius 2 is 2.04 bits per heavy atom. The molecule has 1 fully saturated rings. The number of aliphatic hydroxyl groups excluding tert-OH is 1. The highest BCUT2D eigenvalue weighted by Crippen LogP contribution is 2.21. The van der Waals surface area contributed by atoms with Crippen LogP contribution in [0, 0.1) is 19.8 Å². The molecule has 1 N–H and O–H groups in total. The number of hydrogen-bond donors (Lipinski definition) is 1. The average Bonchev–Trinajstić information content (AvgIpc) is 2.56. The van der Waals surface area contributed by atoms with Gasteiger partial charge in [-0.3, -0.25) is 4.79 Å². The third-order valence-corrected chi connectivity index (χ3v) is 4.45. The first-order valence-corrected chi connectivity index (χ1v) is 8.76. The van der Waals surface area contributed by atoms with Gasteiger partial charge in [-0.2, -0.15) is 0 Å². The van der Waals surface area contributed by atoms with Crippen LogP contribution >= 0.6 is 0 Å². The fourth-order valence-corrected chi connectivity index (χ4v) is 3.01. The molecular weight excluding hydrogens is 306 g/mol. The van der Waals surface area contributed by atoms with Gasteiger partial charge in [0.2, 0.25) is 0 Å². The first-order valence-electron chi connectivity index (χ1n) is 8.76. The predicted molar refractivity (Wildman–Crippen MR) is 93.2 cm³/mol. The molecular formula is C19H29NO4. The summed E-state index contributed by atoms with van der Waals surface area (Å²) in [5.74, 6) is 0.746. The number of carbonyl (C=O) groups is 1. The van der Waals surface area contributed by atoms with Crippen LogP contribution in [0.4, 0.5) is 0 Å². The molecule has 24 heavy (non-hydrogen) atoms. The lowest BCUT2D eigenvalue weighted by atomic mass is 9.97. The number of benzene rings is 1. The van der Waals surface area contributed by atoms with Crippen LogP contribution < -0.4 is 4.74 Å². The Labute approximate surface area is 144 Å². The molecule has 1 aromatic rings. The summed E-state index contributed by atoms with van der Waals surface area (Å²) < 4.78 is 10.8. The molecule has 0 saturated carbocycles. The molecule has 0 aliphatic carbocycles. The SMILES string of the molecule is CCOC(=O)C1CCN(C[C@@H](O)COc2cc(C)ccc2C)CC1. The van der Waals surface area contributed by atoms with Crippen molar-refractivity contribution in [1.29, 1.82) is 0 Å². The summed E-state index contributed by atoms with van der Waals surface area (Å²) >= 11 is 0. The van der Waals surface area contributed by atoms with E-state index in [4.69, 9.17) is 9.47 Å². The lowest BCUT2D eigenvalue weighted by Crippen LogP contribution is -2.42. The van der Waals surface area contributed by atoms with Gasteiger partial charge in [-0.05, 0) is 63.9 Å². The molecule has 1 saturated heterocycles. The number of aliphatic hydroxyl groups is 1. The van der Waals surface area contributed by atoms with Crippen molar-refractivity contribution in [2.45, 2.75) is 39.7 Å². The van der Waals surface area contributed by atoms with E-state index in [1.54, 1.807) is 0 Å². The third-order valence-electron chi connectivity index (χ3n) is 4.45. The second-order valence-corrected chi connectivity index (χ2v) is 6.56. The van der Waals surface area contributed by atoms with Crippen molar-refractivity contribution in [2.24, 2.45) is 5.92 Å². The first kappa shape index (κ1) is 18.7. The van der Waals surface area contributed by atoms with Crippen molar-refractivity contribution < 1.29 is 19.4 Å². The molecule has 0 spiro atoms. The highest BCUT2D eigenvalue weighted by Gasteiger charge is 2.26. The Balaban J connectivity index is 1.72. The highest BCUT2D eigenvalue weighted by atomic mass is 16.5. The number of rotatable bonds is 7. The summed E-state index contributed by atoms with van der Waals surface area (Å²) in [6, 6.07) is 6.07. The predicted octanol–water partition coefficient (Wildman–Crippen LogP) is 2.32. The Hall–Kier alpha value is -1.59. The number of carbonyl (C=O) groups excluding carboxylic acids is 1. The number of aryl methyl sites for hydroxylation is 2. The minimum absolute atomic E-state index is 0.00420. The minimum atomic E-state index is -0.538. The Bertz CT molecular complexity index is 538. The smallest absolute Gasteiger partial charge is 0.309 e. The molecule has 5 heteroatoms. The average molecular weight is 335 g/mol. The molecule has 0 radical (unpaired) electrons. The van der Waals surface area contributed by atoms with E-state index < -0.39 is 6.10 Å². The lowest BCUT2D eigenvalue weighted by molar-refractivity contribution is -0.149. The van der Waals surface area contributed by atoms with Crippen LogP contribution in [-0.2, 0) is 9.53 Å². The van der Waals surface area contributed by atoms with Gasteiger partial charge < -0.3 is 19.5 Å². The number of piperidine rings is 1. The van der Waals surface area contributed by atoms with E-state index in [0.717, 1.165) is 42.8 Å². The van der Waals surface area contributed by atoms with Gasteiger partial charge in [-0.25, -0.2) is 0 Å². The Morgan fingerprint density at radius 3 is 2.71 bits per heavy atom. The molecule has 2 rings (SSSR count). The monoisotopic (exact) mass is 335 g/mol. The maximum Gasteiger partial charge on any atom is 0.309 e. The number of nitrogens with zero attached hydrogens (tertiary/aromatic N) is 1. The van der Waals surface area contributed by atoms with Crippen molar-refractivity contribution in [3.63, 3.8) is 0 Å². The summed E-state index contributed by atoms with van der Waals surface area (Å²) in [5, 5.41) is 10.2. The van der Waals surface area contributed by atoms with E-state index in [1.165, 1.54) is 0 Å². The van der Waals surface area contributed by atoms with E-state index in [1.807, 2.05) is 39.0 Å². The molecule has 1 aliphatic heterocycles. The van der Waals surface area contributed by atoms with Crippen LogP contribution in [0.25, 0.3) is 0 Å². The molecule has 0 aromatic heterocycles. The summed E-state index contributed by atoms with van der Waals surface area (Å²) in [5.41, 5.74) is 2.22. The van der Waals surface area contributed by atoms with Crippen molar-refractivity contribution in [3.8, 4) is 5.75 Å². The topological polar surface area (TPSA) is 59.0 Å². The van der Waals surface area contributed by atoms with Gasteiger partial charge in [-0.15, -0.1) is 0 Å². The van der Waals surface area contributed by atoms with Crippen molar-refractivity contribution in [2.75, 3.05) is 32.8 Å². The van der Waals surface area contributed by atoms with E-state index in [2.05, 4.69) is 4.90 Å². The first-order chi connectivity index (χ1) is 11.5. The molecule has 1 atom stereocenters. The molecule has 0 bridgehead atoms. The van der Waals surface area contributed by atoms with E-state index in [9.17, 15) is 9.90 Å². The molecule has 1 aromatic carbocycles. The molecule has 1 aliphatic rings. The summed E-state index contributed by atoms with van der Waals surface area (Å²) in [7, 11) is 0. The number of hydrogen-bond acceptors (Lipinski definition) is 5. The fourth-order valence-electron chi connectivity index (χ4n) is 3.01. The summed E-state index contributed by atoms with van der Waals surface area (Å²) in [6.07, 6.45) is 1.05. The third kappa shape index (κ3) is 5.49. The van der Waals surface area contributed by atoms with Gasteiger partial charge in [0.15, 0.2) is 0 Å². The van der Waals surface area contributed by atoms with Gasteiger partial charge in [0.05, 0.1) is 12.5 Å². The van der Waals surface area contributed by atoms with Crippen molar-refractivity contribution in [3.05, 3.63) is 29.3 Å². The standard InChI is InChI=1S/C19H29NO4/c1-4-23-19(22)16-7-9-20(10-8-16)12-17(21)13-24-18-11-14(2)5-6-15(18)3/h5-6,11,16-17,21H,4,7-10,12-13H2,1-3H3/t17-/m1/s1. The molecule has 134 valence electrons. The van der Waals surface area contributed by atoms with Crippen LogP contribution in [0.3, 0.4) is 0 Å². The van der Waals surface area contributed by atoms with Gasteiger partial charge in [0.25, 0.3) is 0 Å². The second-order valence-electron chi connectivity index (χ2n) is 6.56. The zero-order chi connectivity index (χ0) is 17.5. The highest BCUT2D eigenvalue weighted by molar-refractivity contribution is 5.72. The van der Waals surface area contributed by atoms with Gasteiger partial charge >= 0.3 is 5.97 Å². The second kappa shape index (κ2) is 9.04. The zero-order valence-corrected chi connectivity index (χ0v) is 15.0. The number of β-amino-alcohol motifs (C(OH)–C–C–N with tert-alkyl or cyclic N) is 1. The molecule has 5 nitrogen and oxygen atoms in total. The number of ether oxygens (including phenoxy) is 2. The van der Waals surface area contributed by atoms with E-state index in [-0.39, 0.29) is 18.5 Å². The van der Waals surface area contributed by atoms with E-state index >= 15 is 0 Å². The molecule has 0 unspecified atom stereocenters. The largest absolute Gasteiger partial charge is 0.491 e. The quantitative estimate of drug-likeness (QED) is 0.775. The van der Waals surface area contributed by atoms with Crippen LogP contribution in [0.5, 0.6) is 5.75 Å². The number of esters is 1. The Kier molecular flexibility index (Phi) is 7.06. The van der Waals surface area contributed by atoms with Crippen molar-refractivity contribution >= 4 is 5.97 Å². The summed E-state index contributed by atoms with van der Waals surface area (Å²) in [6.45, 7) is 8.76. The van der Waals surface area contributed by atoms with Crippen molar-refractivity contribution in [1.82, 2.24) is 4.90 Å². The van der Waals surface area contributed by atoms with Gasteiger partial charge in [-0.1, -0.05) is 12.1 Å². The number of likely N-dealkylation sites (tertiary alicyclic amines) is 1. The van der Waals surface area contributed by atoms with Crippen LogP contribution in [0.15, 0.2) is 18.2 Å². The molecule has 1 heterocycles. The van der Waals surface area contributed by atoms with Crippen LogP contribution in [0.2, 0.25) is 0 Å².